The van der Waals surface area contributed by atoms with E-state index in [-0.39, 0.29) is 24.4 Å². The van der Waals surface area contributed by atoms with E-state index in [4.69, 9.17) is 5.73 Å². The van der Waals surface area contributed by atoms with Gasteiger partial charge < -0.3 is 11.1 Å². The minimum atomic E-state index is -0.313. The van der Waals surface area contributed by atoms with Crippen LogP contribution >= 0.6 is 12.4 Å². The lowest BCUT2D eigenvalue weighted by molar-refractivity contribution is -0.122. The molecule has 0 saturated heterocycles. The van der Waals surface area contributed by atoms with E-state index in [1.807, 2.05) is 6.92 Å². The van der Waals surface area contributed by atoms with Crippen molar-refractivity contribution in [2.45, 2.75) is 58.4 Å². The second kappa shape index (κ2) is 7.13. The molecule has 0 heterocycles. The first-order valence-corrected chi connectivity index (χ1v) is 6.17. The maximum absolute atomic E-state index is 11.6. The Morgan fingerprint density at radius 2 is 2.00 bits per heavy atom. The molecule has 96 valence electrons. The van der Waals surface area contributed by atoms with Gasteiger partial charge in [0.2, 0.25) is 5.91 Å². The van der Waals surface area contributed by atoms with Gasteiger partial charge in [0.05, 0.1) is 6.04 Å². The smallest absolute Gasteiger partial charge is 0.236 e. The van der Waals surface area contributed by atoms with Crippen molar-refractivity contribution in [3.8, 4) is 0 Å². The molecule has 0 aromatic rings. The van der Waals surface area contributed by atoms with E-state index >= 15 is 0 Å². The summed E-state index contributed by atoms with van der Waals surface area (Å²) in [5.74, 6) is 0.0271. The maximum Gasteiger partial charge on any atom is 0.236 e. The molecule has 1 aliphatic carbocycles. The van der Waals surface area contributed by atoms with Crippen molar-refractivity contribution < 1.29 is 4.79 Å². The van der Waals surface area contributed by atoms with Crippen LogP contribution in [0.3, 0.4) is 0 Å². The molecule has 3 N–H and O–H groups in total. The van der Waals surface area contributed by atoms with E-state index in [1.165, 1.54) is 25.7 Å². The lowest BCUT2D eigenvalue weighted by Gasteiger charge is -2.17. The van der Waals surface area contributed by atoms with Crippen molar-refractivity contribution in [2.24, 2.45) is 11.1 Å². The van der Waals surface area contributed by atoms with Gasteiger partial charge in [-0.25, -0.2) is 0 Å². The molecule has 0 aromatic heterocycles. The Kier molecular flexibility index (Phi) is 7.00. The summed E-state index contributed by atoms with van der Waals surface area (Å²) in [5.41, 5.74) is 6.17. The van der Waals surface area contributed by atoms with Gasteiger partial charge in [-0.2, -0.15) is 0 Å². The second-order valence-electron chi connectivity index (χ2n) is 4.86. The van der Waals surface area contributed by atoms with Gasteiger partial charge in [-0.3, -0.25) is 4.79 Å². The van der Waals surface area contributed by atoms with Crippen molar-refractivity contribution in [3.05, 3.63) is 0 Å². The average Bonchev–Trinajstić information content (AvgIpc) is 2.96. The Morgan fingerprint density at radius 1 is 1.38 bits per heavy atom. The van der Waals surface area contributed by atoms with Crippen LogP contribution in [0.5, 0.6) is 0 Å². The molecule has 16 heavy (non-hydrogen) atoms. The van der Waals surface area contributed by atoms with Crippen LogP contribution in [0, 0.1) is 5.41 Å². The van der Waals surface area contributed by atoms with E-state index in [2.05, 4.69) is 12.2 Å². The zero-order valence-electron chi connectivity index (χ0n) is 10.4. The van der Waals surface area contributed by atoms with Crippen molar-refractivity contribution in [2.75, 3.05) is 6.54 Å². The predicted octanol–water partition coefficient (Wildman–Crippen LogP) is 2.23. The van der Waals surface area contributed by atoms with Crippen LogP contribution in [0.15, 0.2) is 0 Å². The Balaban J connectivity index is 0.00000225. The van der Waals surface area contributed by atoms with Gasteiger partial charge in [0.1, 0.15) is 0 Å². The number of amides is 1. The molecular weight excluding hydrogens is 224 g/mol. The first-order valence-electron chi connectivity index (χ1n) is 6.17. The van der Waals surface area contributed by atoms with Crippen molar-refractivity contribution in [1.82, 2.24) is 5.32 Å². The molecule has 1 amide bonds. The van der Waals surface area contributed by atoms with E-state index in [9.17, 15) is 4.79 Å². The molecule has 0 spiro atoms. The highest BCUT2D eigenvalue weighted by atomic mass is 35.5. The number of hydrogen-bond donors (Lipinski definition) is 2. The standard InChI is InChI=1S/C12H24N2O.ClH/c1-3-5-10(13)11(15)14-9-12(6-4-2)7-8-12;/h10H,3-9,13H2,1-2H3,(H,14,15);1H. The fourth-order valence-electron chi connectivity index (χ4n) is 2.07. The van der Waals surface area contributed by atoms with Crippen LogP contribution in [0.25, 0.3) is 0 Å². The van der Waals surface area contributed by atoms with Crippen molar-refractivity contribution in [3.63, 3.8) is 0 Å². The molecule has 1 atom stereocenters. The Hall–Kier alpha value is -0.280. The largest absolute Gasteiger partial charge is 0.354 e. The second-order valence-corrected chi connectivity index (χ2v) is 4.86. The number of nitrogens with one attached hydrogen (secondary N) is 1. The van der Waals surface area contributed by atoms with Crippen LogP contribution in [0.2, 0.25) is 0 Å². The van der Waals surface area contributed by atoms with Crippen LogP contribution < -0.4 is 11.1 Å². The number of nitrogens with two attached hydrogens (primary N) is 1. The van der Waals surface area contributed by atoms with Crippen molar-refractivity contribution in [1.29, 1.82) is 0 Å². The molecule has 1 unspecified atom stereocenters. The zero-order valence-corrected chi connectivity index (χ0v) is 11.2. The van der Waals surface area contributed by atoms with Gasteiger partial charge in [-0.1, -0.05) is 26.7 Å². The lowest BCUT2D eigenvalue weighted by Crippen LogP contribution is -2.42. The lowest BCUT2D eigenvalue weighted by atomic mass is 10.0. The zero-order chi connectivity index (χ0) is 11.3. The van der Waals surface area contributed by atoms with E-state index in [1.54, 1.807) is 0 Å². The minimum absolute atomic E-state index is 0. The van der Waals surface area contributed by atoms with Crippen LogP contribution in [-0.2, 0) is 4.79 Å². The van der Waals surface area contributed by atoms with Crippen molar-refractivity contribution >= 4 is 18.3 Å². The Morgan fingerprint density at radius 3 is 2.44 bits per heavy atom. The summed E-state index contributed by atoms with van der Waals surface area (Å²) in [5, 5.41) is 2.99. The third kappa shape index (κ3) is 4.71. The molecule has 1 saturated carbocycles. The number of halogens is 1. The van der Waals surface area contributed by atoms with Crippen LogP contribution in [0.1, 0.15) is 52.4 Å². The highest BCUT2D eigenvalue weighted by Gasteiger charge is 2.41. The van der Waals surface area contributed by atoms with Gasteiger partial charge in [0, 0.05) is 6.54 Å². The number of rotatable bonds is 7. The molecule has 0 bridgehead atoms. The van der Waals surface area contributed by atoms with Gasteiger partial charge in [0.25, 0.3) is 0 Å². The van der Waals surface area contributed by atoms with Gasteiger partial charge >= 0.3 is 0 Å². The molecule has 0 aromatic carbocycles. The maximum atomic E-state index is 11.6. The molecule has 1 fully saturated rings. The molecular formula is C12H25ClN2O. The number of carbonyl (C=O) groups excluding carboxylic acids is 1. The van der Waals surface area contributed by atoms with E-state index < -0.39 is 0 Å². The fourth-order valence-corrected chi connectivity index (χ4v) is 2.07. The molecule has 1 rings (SSSR count). The summed E-state index contributed by atoms with van der Waals surface area (Å²) in [4.78, 5) is 11.6. The summed E-state index contributed by atoms with van der Waals surface area (Å²) in [6, 6.07) is -0.313. The summed E-state index contributed by atoms with van der Waals surface area (Å²) in [7, 11) is 0. The Bertz CT molecular complexity index is 217. The molecule has 3 nitrogen and oxygen atoms in total. The van der Waals surface area contributed by atoms with Crippen LogP contribution in [-0.4, -0.2) is 18.5 Å². The minimum Gasteiger partial charge on any atom is -0.354 e. The van der Waals surface area contributed by atoms with E-state index in [0.717, 1.165) is 19.4 Å². The summed E-state index contributed by atoms with van der Waals surface area (Å²) in [6.07, 6.45) is 6.72. The topological polar surface area (TPSA) is 55.1 Å². The summed E-state index contributed by atoms with van der Waals surface area (Å²) in [6.45, 7) is 5.08. The van der Waals surface area contributed by atoms with Crippen LogP contribution in [0.4, 0.5) is 0 Å². The van der Waals surface area contributed by atoms with Gasteiger partial charge in [0.15, 0.2) is 0 Å². The quantitative estimate of drug-likeness (QED) is 0.726. The molecule has 4 heteroatoms. The van der Waals surface area contributed by atoms with E-state index in [0.29, 0.717) is 5.41 Å². The first-order chi connectivity index (χ1) is 7.13. The van der Waals surface area contributed by atoms with Gasteiger partial charge in [-0.05, 0) is 31.1 Å². The summed E-state index contributed by atoms with van der Waals surface area (Å²) >= 11 is 0. The monoisotopic (exact) mass is 248 g/mol. The third-order valence-electron chi connectivity index (χ3n) is 3.31. The third-order valence-corrected chi connectivity index (χ3v) is 3.31. The average molecular weight is 249 g/mol. The highest BCUT2D eigenvalue weighted by Crippen LogP contribution is 2.48. The Labute approximate surface area is 105 Å². The predicted molar refractivity (Wildman–Crippen MR) is 69.7 cm³/mol. The highest BCUT2D eigenvalue weighted by molar-refractivity contribution is 5.85. The number of carbonyl (C=O) groups is 1. The molecule has 0 radical (unpaired) electrons. The fraction of sp³-hybridized carbons (Fsp3) is 0.917. The SMILES string of the molecule is CCCC(N)C(=O)NCC1(CCC)CC1.Cl. The number of hydrogen-bond acceptors (Lipinski definition) is 2. The first kappa shape index (κ1) is 15.7. The van der Waals surface area contributed by atoms with Gasteiger partial charge in [-0.15, -0.1) is 12.4 Å². The summed E-state index contributed by atoms with van der Waals surface area (Å²) < 4.78 is 0. The molecule has 1 aliphatic rings. The molecule has 0 aliphatic heterocycles. The normalized spacial score (nSPS) is 18.4.